The van der Waals surface area contributed by atoms with Gasteiger partial charge in [0.25, 0.3) is 0 Å². The van der Waals surface area contributed by atoms with Gasteiger partial charge in [0.1, 0.15) is 0 Å². The Morgan fingerprint density at radius 1 is 1.47 bits per heavy atom. The quantitative estimate of drug-likeness (QED) is 0.783. The van der Waals surface area contributed by atoms with Crippen molar-refractivity contribution in [2.45, 2.75) is 26.2 Å². The third-order valence-electron chi connectivity index (χ3n) is 3.77. The fourth-order valence-corrected chi connectivity index (χ4v) is 2.56. The average Bonchev–Trinajstić information content (AvgIpc) is 2.73. The highest BCUT2D eigenvalue weighted by Crippen LogP contribution is 2.31. The van der Waals surface area contributed by atoms with E-state index in [9.17, 15) is 0 Å². The molecule has 3 heteroatoms. The van der Waals surface area contributed by atoms with Gasteiger partial charge in [-0.15, -0.1) is 0 Å². The van der Waals surface area contributed by atoms with Gasteiger partial charge < -0.3 is 11.1 Å². The monoisotopic (exact) mass is 229 g/mol. The summed E-state index contributed by atoms with van der Waals surface area (Å²) in [5, 5.41) is 12.2. The lowest BCUT2D eigenvalue weighted by Crippen LogP contribution is -2.17. The number of nitrogens with one attached hydrogen (secondary N) is 1. The van der Waals surface area contributed by atoms with Gasteiger partial charge >= 0.3 is 0 Å². The Kier molecular flexibility index (Phi) is 3.53. The molecule has 17 heavy (non-hydrogen) atoms. The Bertz CT molecular complexity index is 434. The van der Waals surface area contributed by atoms with Crippen molar-refractivity contribution in [3.8, 4) is 6.07 Å². The van der Waals surface area contributed by atoms with Crippen molar-refractivity contribution in [2.75, 3.05) is 17.6 Å². The lowest BCUT2D eigenvalue weighted by Gasteiger charge is -2.17. The summed E-state index contributed by atoms with van der Waals surface area (Å²) in [5.41, 5.74) is 8.13. The molecule has 3 nitrogen and oxygen atoms in total. The molecular formula is C14H19N3. The molecule has 1 aromatic rings. The van der Waals surface area contributed by atoms with E-state index in [0.29, 0.717) is 11.3 Å². The second-order valence-electron chi connectivity index (χ2n) is 4.96. The molecule has 1 aromatic carbocycles. The third-order valence-corrected chi connectivity index (χ3v) is 3.77. The molecule has 90 valence electrons. The Morgan fingerprint density at radius 3 is 2.88 bits per heavy atom. The van der Waals surface area contributed by atoms with E-state index >= 15 is 0 Å². The summed E-state index contributed by atoms with van der Waals surface area (Å²) < 4.78 is 0. The second kappa shape index (κ2) is 5.09. The summed E-state index contributed by atoms with van der Waals surface area (Å²) in [6, 6.07) is 7.51. The molecule has 0 aliphatic heterocycles. The first-order valence-corrected chi connectivity index (χ1v) is 6.24. The van der Waals surface area contributed by atoms with E-state index in [-0.39, 0.29) is 0 Å². The van der Waals surface area contributed by atoms with Gasteiger partial charge in [-0.3, -0.25) is 0 Å². The Hall–Kier alpha value is -1.69. The van der Waals surface area contributed by atoms with Crippen LogP contribution in [-0.4, -0.2) is 6.54 Å². The third kappa shape index (κ3) is 2.71. The van der Waals surface area contributed by atoms with Gasteiger partial charge in [-0.05, 0) is 36.5 Å². The molecule has 2 unspecified atom stereocenters. The standard InChI is InChI=1S/C14H19N3/c1-10-3-2-4-12(10)9-17-14-6-5-11(8-15)7-13(14)16/h5-7,10,12,17H,2-4,9,16H2,1H3. The Labute approximate surface area is 103 Å². The van der Waals surface area contributed by atoms with Crippen LogP contribution in [-0.2, 0) is 0 Å². The first-order valence-electron chi connectivity index (χ1n) is 6.24. The highest BCUT2D eigenvalue weighted by Gasteiger charge is 2.22. The van der Waals surface area contributed by atoms with Crippen LogP contribution in [0.1, 0.15) is 31.7 Å². The molecule has 0 bridgehead atoms. The van der Waals surface area contributed by atoms with E-state index in [1.165, 1.54) is 19.3 Å². The van der Waals surface area contributed by atoms with E-state index in [1.54, 1.807) is 12.1 Å². The maximum Gasteiger partial charge on any atom is 0.0992 e. The van der Waals surface area contributed by atoms with Gasteiger partial charge in [0.2, 0.25) is 0 Å². The minimum Gasteiger partial charge on any atom is -0.397 e. The smallest absolute Gasteiger partial charge is 0.0992 e. The fourth-order valence-electron chi connectivity index (χ4n) is 2.56. The molecule has 1 saturated carbocycles. The Balaban J connectivity index is 1.97. The first-order chi connectivity index (χ1) is 8.20. The summed E-state index contributed by atoms with van der Waals surface area (Å²) in [6.07, 6.45) is 4.00. The highest BCUT2D eigenvalue weighted by atomic mass is 14.9. The number of nitrogen functional groups attached to an aromatic ring is 1. The summed E-state index contributed by atoms with van der Waals surface area (Å²) in [4.78, 5) is 0. The molecule has 0 aromatic heterocycles. The minimum absolute atomic E-state index is 0.613. The van der Waals surface area contributed by atoms with Crippen LogP contribution < -0.4 is 11.1 Å². The summed E-state index contributed by atoms with van der Waals surface area (Å²) in [6.45, 7) is 3.30. The summed E-state index contributed by atoms with van der Waals surface area (Å²) >= 11 is 0. The highest BCUT2D eigenvalue weighted by molar-refractivity contribution is 5.68. The molecule has 0 radical (unpaired) electrons. The largest absolute Gasteiger partial charge is 0.397 e. The van der Waals surface area contributed by atoms with Crippen LogP contribution in [0.2, 0.25) is 0 Å². The number of rotatable bonds is 3. The van der Waals surface area contributed by atoms with Gasteiger partial charge in [0, 0.05) is 6.54 Å². The number of nitriles is 1. The molecule has 1 aliphatic carbocycles. The molecule has 0 saturated heterocycles. The van der Waals surface area contributed by atoms with Gasteiger partial charge in [-0.1, -0.05) is 19.8 Å². The molecule has 0 heterocycles. The summed E-state index contributed by atoms with van der Waals surface area (Å²) in [5.74, 6) is 1.56. The molecule has 3 N–H and O–H groups in total. The van der Waals surface area contributed by atoms with E-state index in [1.807, 2.05) is 6.07 Å². The van der Waals surface area contributed by atoms with E-state index < -0.39 is 0 Å². The number of hydrogen-bond donors (Lipinski definition) is 2. The van der Waals surface area contributed by atoms with Crippen LogP contribution >= 0.6 is 0 Å². The SMILES string of the molecule is CC1CCCC1CNc1ccc(C#N)cc1N. The number of benzene rings is 1. The van der Waals surface area contributed by atoms with Crippen LogP contribution in [0.4, 0.5) is 11.4 Å². The molecule has 1 aliphatic rings. The normalized spacial score (nSPS) is 23.3. The van der Waals surface area contributed by atoms with E-state index in [4.69, 9.17) is 11.0 Å². The molecule has 2 rings (SSSR count). The van der Waals surface area contributed by atoms with Crippen LogP contribution in [0.15, 0.2) is 18.2 Å². The minimum atomic E-state index is 0.613. The maximum absolute atomic E-state index is 8.76. The van der Waals surface area contributed by atoms with Crippen LogP contribution in [0.5, 0.6) is 0 Å². The fraction of sp³-hybridized carbons (Fsp3) is 0.500. The van der Waals surface area contributed by atoms with Crippen LogP contribution in [0, 0.1) is 23.2 Å². The molecule has 2 atom stereocenters. The first kappa shape index (κ1) is 11.8. The van der Waals surface area contributed by atoms with Gasteiger partial charge in [0.15, 0.2) is 0 Å². The van der Waals surface area contributed by atoms with Crippen LogP contribution in [0.25, 0.3) is 0 Å². The van der Waals surface area contributed by atoms with E-state index in [0.717, 1.165) is 24.1 Å². The Morgan fingerprint density at radius 2 is 2.29 bits per heavy atom. The topological polar surface area (TPSA) is 61.8 Å². The van der Waals surface area contributed by atoms with E-state index in [2.05, 4.69) is 18.3 Å². The molecule has 0 spiro atoms. The van der Waals surface area contributed by atoms with Crippen molar-refractivity contribution in [1.82, 2.24) is 0 Å². The zero-order valence-electron chi connectivity index (χ0n) is 10.2. The van der Waals surface area contributed by atoms with Crippen molar-refractivity contribution in [1.29, 1.82) is 5.26 Å². The zero-order valence-corrected chi connectivity index (χ0v) is 10.2. The van der Waals surface area contributed by atoms with Crippen molar-refractivity contribution < 1.29 is 0 Å². The lowest BCUT2D eigenvalue weighted by atomic mass is 9.98. The molecular weight excluding hydrogens is 210 g/mol. The van der Waals surface area contributed by atoms with Crippen molar-refractivity contribution in [3.05, 3.63) is 23.8 Å². The lowest BCUT2D eigenvalue weighted by molar-refractivity contribution is 0.440. The molecule has 1 fully saturated rings. The van der Waals surface area contributed by atoms with Gasteiger partial charge in [-0.2, -0.15) is 5.26 Å². The number of nitrogens with two attached hydrogens (primary N) is 1. The predicted molar refractivity (Wildman–Crippen MR) is 70.6 cm³/mol. The maximum atomic E-state index is 8.76. The van der Waals surface area contributed by atoms with Crippen molar-refractivity contribution in [3.63, 3.8) is 0 Å². The number of nitrogens with zero attached hydrogens (tertiary/aromatic N) is 1. The second-order valence-corrected chi connectivity index (χ2v) is 4.96. The average molecular weight is 229 g/mol. The van der Waals surface area contributed by atoms with Crippen molar-refractivity contribution in [2.24, 2.45) is 11.8 Å². The number of hydrogen-bond acceptors (Lipinski definition) is 3. The van der Waals surface area contributed by atoms with Gasteiger partial charge in [-0.25, -0.2) is 0 Å². The predicted octanol–water partition coefficient (Wildman–Crippen LogP) is 2.99. The summed E-state index contributed by atoms with van der Waals surface area (Å²) in [7, 11) is 0. The van der Waals surface area contributed by atoms with Crippen molar-refractivity contribution >= 4 is 11.4 Å². The van der Waals surface area contributed by atoms with Gasteiger partial charge in [0.05, 0.1) is 23.0 Å². The molecule has 0 amide bonds. The van der Waals surface area contributed by atoms with Crippen LogP contribution in [0.3, 0.4) is 0 Å². The zero-order chi connectivity index (χ0) is 12.3. The number of anilines is 2.